The third-order valence-corrected chi connectivity index (χ3v) is 2.87. The molecule has 0 saturated heterocycles. The first-order valence-electron chi connectivity index (χ1n) is 6.14. The van der Waals surface area contributed by atoms with Crippen molar-refractivity contribution < 1.29 is 9.59 Å². The number of hydrogen-bond donors (Lipinski definition) is 1. The maximum absolute atomic E-state index is 11.8. The molecule has 0 radical (unpaired) electrons. The van der Waals surface area contributed by atoms with E-state index in [-0.39, 0.29) is 5.91 Å². The van der Waals surface area contributed by atoms with Gasteiger partial charge in [0.05, 0.1) is 0 Å². The van der Waals surface area contributed by atoms with E-state index in [9.17, 15) is 9.59 Å². The van der Waals surface area contributed by atoms with Gasteiger partial charge in [-0.1, -0.05) is 18.2 Å². The number of carbonyl (C=O) groups is 2. The summed E-state index contributed by atoms with van der Waals surface area (Å²) in [4.78, 5) is 26.6. The van der Waals surface area contributed by atoms with Crippen LogP contribution in [0, 0.1) is 6.92 Å². The second-order valence-corrected chi connectivity index (χ2v) is 4.25. The normalized spacial score (nSPS) is 10.4. The molecule has 1 heterocycles. The number of aromatic nitrogens is 1. The summed E-state index contributed by atoms with van der Waals surface area (Å²) >= 11 is 0. The van der Waals surface area contributed by atoms with Gasteiger partial charge in [-0.3, -0.25) is 14.6 Å². The molecule has 0 unspecified atom stereocenters. The number of benzene rings is 1. The van der Waals surface area contributed by atoms with Crippen LogP contribution in [0.15, 0.2) is 48.8 Å². The van der Waals surface area contributed by atoms with E-state index in [0.717, 1.165) is 17.4 Å². The van der Waals surface area contributed by atoms with Crippen LogP contribution < -0.4 is 5.32 Å². The van der Waals surface area contributed by atoms with Crippen molar-refractivity contribution in [1.82, 2.24) is 4.98 Å². The van der Waals surface area contributed by atoms with Gasteiger partial charge in [-0.25, -0.2) is 0 Å². The molecule has 0 spiro atoms. The zero-order valence-electron chi connectivity index (χ0n) is 11.0. The van der Waals surface area contributed by atoms with Crippen LogP contribution in [0.25, 0.3) is 6.08 Å². The standard InChI is InChI=1S/C16H14N2O2/c1-12-14(11-19)5-2-6-15(12)18-16(20)8-7-13-4-3-9-17-10-13/h2-11H,1H3,(H,18,20)/b8-7-. The van der Waals surface area contributed by atoms with E-state index in [2.05, 4.69) is 10.3 Å². The van der Waals surface area contributed by atoms with Crippen molar-refractivity contribution >= 4 is 24.0 Å². The Morgan fingerprint density at radius 2 is 2.10 bits per heavy atom. The van der Waals surface area contributed by atoms with E-state index in [1.54, 1.807) is 49.7 Å². The number of nitrogens with one attached hydrogen (secondary N) is 1. The Hall–Kier alpha value is -2.75. The highest BCUT2D eigenvalue weighted by Crippen LogP contribution is 2.17. The maximum Gasteiger partial charge on any atom is 0.248 e. The Bertz CT molecular complexity index is 649. The lowest BCUT2D eigenvalue weighted by Crippen LogP contribution is -2.09. The molecule has 1 aromatic heterocycles. The monoisotopic (exact) mass is 266 g/mol. The van der Waals surface area contributed by atoms with Crippen LogP contribution in [0.4, 0.5) is 5.69 Å². The second kappa shape index (κ2) is 6.43. The highest BCUT2D eigenvalue weighted by atomic mass is 16.1. The van der Waals surface area contributed by atoms with Gasteiger partial charge in [-0.05, 0) is 36.3 Å². The largest absolute Gasteiger partial charge is 0.322 e. The molecule has 0 atom stereocenters. The van der Waals surface area contributed by atoms with Crippen molar-refractivity contribution in [2.45, 2.75) is 6.92 Å². The summed E-state index contributed by atoms with van der Waals surface area (Å²) in [5.74, 6) is -0.250. The Morgan fingerprint density at radius 1 is 1.25 bits per heavy atom. The number of aldehydes is 1. The average molecular weight is 266 g/mol. The van der Waals surface area contributed by atoms with Crippen molar-refractivity contribution in [3.63, 3.8) is 0 Å². The molecule has 20 heavy (non-hydrogen) atoms. The number of rotatable bonds is 4. The topological polar surface area (TPSA) is 59.1 Å². The first-order chi connectivity index (χ1) is 9.70. The molecule has 0 bridgehead atoms. The van der Waals surface area contributed by atoms with Crippen LogP contribution in [0.5, 0.6) is 0 Å². The first-order valence-corrected chi connectivity index (χ1v) is 6.14. The van der Waals surface area contributed by atoms with Gasteiger partial charge < -0.3 is 5.32 Å². The lowest BCUT2D eigenvalue weighted by molar-refractivity contribution is -0.111. The minimum atomic E-state index is -0.250. The van der Waals surface area contributed by atoms with E-state index in [4.69, 9.17) is 0 Å². The van der Waals surface area contributed by atoms with Crippen LogP contribution in [0.3, 0.4) is 0 Å². The van der Waals surface area contributed by atoms with Gasteiger partial charge >= 0.3 is 0 Å². The van der Waals surface area contributed by atoms with Crippen LogP contribution >= 0.6 is 0 Å². The summed E-state index contributed by atoms with van der Waals surface area (Å²) in [5.41, 5.74) is 2.81. The summed E-state index contributed by atoms with van der Waals surface area (Å²) in [6, 6.07) is 8.86. The molecule has 100 valence electrons. The fourth-order valence-corrected chi connectivity index (χ4v) is 1.74. The van der Waals surface area contributed by atoms with Crippen molar-refractivity contribution in [1.29, 1.82) is 0 Å². The third kappa shape index (κ3) is 3.38. The molecular formula is C16H14N2O2. The van der Waals surface area contributed by atoms with Gasteiger partial charge in [-0.2, -0.15) is 0 Å². The van der Waals surface area contributed by atoms with Crippen molar-refractivity contribution in [2.24, 2.45) is 0 Å². The van der Waals surface area contributed by atoms with Gasteiger partial charge in [0.2, 0.25) is 5.91 Å². The zero-order valence-corrected chi connectivity index (χ0v) is 11.0. The predicted molar refractivity (Wildman–Crippen MR) is 78.5 cm³/mol. The molecule has 0 aliphatic rings. The van der Waals surface area contributed by atoms with Crippen molar-refractivity contribution in [2.75, 3.05) is 5.32 Å². The predicted octanol–water partition coefficient (Wildman–Crippen LogP) is 2.85. The van der Waals surface area contributed by atoms with Crippen molar-refractivity contribution in [3.05, 3.63) is 65.5 Å². The average Bonchev–Trinajstić information content (AvgIpc) is 2.48. The lowest BCUT2D eigenvalue weighted by Gasteiger charge is -2.07. The Morgan fingerprint density at radius 3 is 2.80 bits per heavy atom. The summed E-state index contributed by atoms with van der Waals surface area (Å²) in [6.07, 6.45) is 7.23. The summed E-state index contributed by atoms with van der Waals surface area (Å²) in [6.45, 7) is 1.80. The fourth-order valence-electron chi connectivity index (χ4n) is 1.74. The molecular weight excluding hydrogens is 252 g/mol. The molecule has 0 fully saturated rings. The fraction of sp³-hybridized carbons (Fsp3) is 0.0625. The highest BCUT2D eigenvalue weighted by molar-refractivity contribution is 6.02. The number of pyridine rings is 1. The number of carbonyl (C=O) groups excluding carboxylic acids is 2. The summed E-state index contributed by atoms with van der Waals surface area (Å²) < 4.78 is 0. The van der Waals surface area contributed by atoms with E-state index in [1.165, 1.54) is 6.08 Å². The SMILES string of the molecule is Cc1c(C=O)cccc1NC(=O)/C=C\c1cccnc1. The molecule has 1 N–H and O–H groups in total. The molecule has 0 aliphatic carbocycles. The molecule has 4 nitrogen and oxygen atoms in total. The Labute approximate surface area is 117 Å². The molecule has 4 heteroatoms. The third-order valence-electron chi connectivity index (χ3n) is 2.87. The lowest BCUT2D eigenvalue weighted by atomic mass is 10.1. The minimum absolute atomic E-state index is 0.250. The number of nitrogens with zero attached hydrogens (tertiary/aromatic N) is 1. The highest BCUT2D eigenvalue weighted by Gasteiger charge is 2.04. The van der Waals surface area contributed by atoms with Crippen LogP contribution in [-0.4, -0.2) is 17.2 Å². The molecule has 1 aromatic carbocycles. The van der Waals surface area contributed by atoms with Gasteiger partial charge in [0, 0.05) is 29.7 Å². The molecule has 2 aromatic rings. The second-order valence-electron chi connectivity index (χ2n) is 4.25. The first kappa shape index (κ1) is 13.7. The van der Waals surface area contributed by atoms with Gasteiger partial charge in [0.1, 0.15) is 6.29 Å². The van der Waals surface area contributed by atoms with E-state index in [1.807, 2.05) is 6.07 Å². The van der Waals surface area contributed by atoms with Crippen LogP contribution in [-0.2, 0) is 4.79 Å². The van der Waals surface area contributed by atoms with E-state index in [0.29, 0.717) is 11.3 Å². The molecule has 0 aliphatic heterocycles. The number of amides is 1. The van der Waals surface area contributed by atoms with Crippen molar-refractivity contribution in [3.8, 4) is 0 Å². The van der Waals surface area contributed by atoms with Gasteiger partial charge in [0.15, 0.2) is 0 Å². The van der Waals surface area contributed by atoms with E-state index >= 15 is 0 Å². The Kier molecular flexibility index (Phi) is 4.39. The number of hydrogen-bond acceptors (Lipinski definition) is 3. The minimum Gasteiger partial charge on any atom is -0.322 e. The van der Waals surface area contributed by atoms with Gasteiger partial charge in [0.25, 0.3) is 0 Å². The smallest absolute Gasteiger partial charge is 0.248 e. The van der Waals surface area contributed by atoms with Gasteiger partial charge in [-0.15, -0.1) is 0 Å². The van der Waals surface area contributed by atoms with E-state index < -0.39 is 0 Å². The zero-order chi connectivity index (χ0) is 14.4. The Balaban J connectivity index is 2.09. The molecule has 1 amide bonds. The summed E-state index contributed by atoms with van der Waals surface area (Å²) in [5, 5.41) is 2.75. The number of anilines is 1. The molecule has 2 rings (SSSR count). The van der Waals surface area contributed by atoms with Crippen LogP contribution in [0.2, 0.25) is 0 Å². The van der Waals surface area contributed by atoms with Crippen LogP contribution in [0.1, 0.15) is 21.5 Å². The maximum atomic E-state index is 11.8. The molecule has 0 saturated carbocycles. The quantitative estimate of drug-likeness (QED) is 0.683. The summed E-state index contributed by atoms with van der Waals surface area (Å²) in [7, 11) is 0.